The van der Waals surface area contributed by atoms with Crippen molar-refractivity contribution in [1.29, 1.82) is 0 Å². The zero-order valence-electron chi connectivity index (χ0n) is 13.8. The predicted molar refractivity (Wildman–Crippen MR) is 90.9 cm³/mol. The standard InChI is InChI=1S/C19H24N2O/c1-14-5-10-18(11-15(14)2)19(22)20-12-16-6-8-17(9-7-16)13-21(3)4/h5-11H,12-13H2,1-4H3,(H,20,22). The fraction of sp³-hybridized carbons (Fsp3) is 0.316. The highest BCUT2D eigenvalue weighted by Gasteiger charge is 2.06. The van der Waals surface area contributed by atoms with Crippen LogP contribution in [-0.2, 0) is 13.1 Å². The molecule has 0 radical (unpaired) electrons. The van der Waals surface area contributed by atoms with Crippen LogP contribution in [0.2, 0.25) is 0 Å². The van der Waals surface area contributed by atoms with Gasteiger partial charge in [-0.15, -0.1) is 0 Å². The summed E-state index contributed by atoms with van der Waals surface area (Å²) >= 11 is 0. The van der Waals surface area contributed by atoms with Crippen molar-refractivity contribution < 1.29 is 4.79 Å². The van der Waals surface area contributed by atoms with Gasteiger partial charge in [-0.1, -0.05) is 30.3 Å². The quantitative estimate of drug-likeness (QED) is 0.918. The normalized spacial score (nSPS) is 10.8. The molecule has 3 heteroatoms. The molecule has 0 unspecified atom stereocenters. The van der Waals surface area contributed by atoms with Gasteiger partial charge in [0.05, 0.1) is 0 Å². The van der Waals surface area contributed by atoms with E-state index < -0.39 is 0 Å². The van der Waals surface area contributed by atoms with Crippen molar-refractivity contribution in [2.45, 2.75) is 26.9 Å². The van der Waals surface area contributed by atoms with E-state index in [4.69, 9.17) is 0 Å². The molecule has 0 heterocycles. The van der Waals surface area contributed by atoms with Crippen LogP contribution >= 0.6 is 0 Å². The lowest BCUT2D eigenvalue weighted by Gasteiger charge is -2.11. The fourth-order valence-electron chi connectivity index (χ4n) is 2.29. The maximum Gasteiger partial charge on any atom is 0.251 e. The number of nitrogens with zero attached hydrogens (tertiary/aromatic N) is 1. The van der Waals surface area contributed by atoms with E-state index in [-0.39, 0.29) is 5.91 Å². The molecular formula is C19H24N2O. The third-order valence-corrected chi connectivity index (χ3v) is 3.74. The molecule has 2 rings (SSSR count). The summed E-state index contributed by atoms with van der Waals surface area (Å²) in [6.45, 7) is 5.55. The SMILES string of the molecule is Cc1ccc(C(=O)NCc2ccc(CN(C)C)cc2)cc1C. The number of rotatable bonds is 5. The van der Waals surface area contributed by atoms with Crippen molar-refractivity contribution in [2.75, 3.05) is 14.1 Å². The third-order valence-electron chi connectivity index (χ3n) is 3.74. The Kier molecular flexibility index (Phi) is 5.34. The van der Waals surface area contributed by atoms with Gasteiger partial charge in [0.2, 0.25) is 0 Å². The van der Waals surface area contributed by atoms with Crippen LogP contribution in [0.3, 0.4) is 0 Å². The number of hydrogen-bond donors (Lipinski definition) is 1. The Labute approximate surface area is 133 Å². The molecule has 22 heavy (non-hydrogen) atoms. The molecule has 2 aromatic carbocycles. The summed E-state index contributed by atoms with van der Waals surface area (Å²) in [5.74, 6) is -0.0273. The molecule has 0 atom stereocenters. The van der Waals surface area contributed by atoms with E-state index in [1.807, 2.05) is 32.0 Å². The van der Waals surface area contributed by atoms with E-state index in [1.165, 1.54) is 11.1 Å². The van der Waals surface area contributed by atoms with Crippen LogP contribution in [-0.4, -0.2) is 24.9 Å². The number of hydrogen-bond acceptors (Lipinski definition) is 2. The van der Waals surface area contributed by atoms with Gasteiger partial charge in [0.15, 0.2) is 0 Å². The molecule has 0 bridgehead atoms. The average Bonchev–Trinajstić information content (AvgIpc) is 2.48. The van der Waals surface area contributed by atoms with E-state index in [1.54, 1.807) is 0 Å². The minimum Gasteiger partial charge on any atom is -0.348 e. The highest BCUT2D eigenvalue weighted by Crippen LogP contribution is 2.10. The number of nitrogens with one attached hydrogen (secondary N) is 1. The Bertz CT molecular complexity index is 645. The van der Waals surface area contributed by atoms with Crippen molar-refractivity contribution >= 4 is 5.91 Å². The second-order valence-corrected chi connectivity index (χ2v) is 6.04. The number of amides is 1. The summed E-state index contributed by atoms with van der Waals surface area (Å²) < 4.78 is 0. The molecule has 116 valence electrons. The highest BCUT2D eigenvalue weighted by molar-refractivity contribution is 5.94. The Morgan fingerprint density at radius 1 is 0.955 bits per heavy atom. The maximum absolute atomic E-state index is 12.2. The molecule has 0 aliphatic carbocycles. The molecule has 0 aromatic heterocycles. The van der Waals surface area contributed by atoms with Gasteiger partial charge in [0.1, 0.15) is 0 Å². The molecular weight excluding hydrogens is 272 g/mol. The summed E-state index contributed by atoms with van der Waals surface area (Å²) in [5, 5.41) is 2.97. The first-order valence-electron chi connectivity index (χ1n) is 7.53. The molecule has 0 aliphatic heterocycles. The zero-order valence-corrected chi connectivity index (χ0v) is 13.8. The average molecular weight is 296 g/mol. The lowest BCUT2D eigenvalue weighted by Crippen LogP contribution is -2.22. The Morgan fingerprint density at radius 3 is 2.18 bits per heavy atom. The second-order valence-electron chi connectivity index (χ2n) is 6.04. The molecule has 1 N–H and O–H groups in total. The van der Waals surface area contributed by atoms with Gasteiger partial charge in [0, 0.05) is 18.7 Å². The van der Waals surface area contributed by atoms with Crippen LogP contribution in [0.1, 0.15) is 32.6 Å². The van der Waals surface area contributed by atoms with Crippen LogP contribution in [0.25, 0.3) is 0 Å². The summed E-state index contributed by atoms with van der Waals surface area (Å²) in [4.78, 5) is 14.3. The van der Waals surface area contributed by atoms with Crippen molar-refractivity contribution in [3.8, 4) is 0 Å². The molecule has 0 spiro atoms. The van der Waals surface area contributed by atoms with Crippen molar-refractivity contribution in [3.05, 3.63) is 70.3 Å². The summed E-state index contributed by atoms with van der Waals surface area (Å²) in [5.41, 5.74) is 5.44. The largest absolute Gasteiger partial charge is 0.348 e. The Morgan fingerprint density at radius 2 is 1.59 bits per heavy atom. The van der Waals surface area contributed by atoms with Gasteiger partial charge in [-0.3, -0.25) is 4.79 Å². The van der Waals surface area contributed by atoms with E-state index in [2.05, 4.69) is 48.6 Å². The van der Waals surface area contributed by atoms with Crippen LogP contribution in [0.4, 0.5) is 0 Å². The minimum absolute atomic E-state index is 0.0273. The van der Waals surface area contributed by atoms with Crippen LogP contribution < -0.4 is 5.32 Å². The number of aryl methyl sites for hydroxylation is 2. The first-order valence-corrected chi connectivity index (χ1v) is 7.53. The number of benzene rings is 2. The third kappa shape index (κ3) is 4.43. The molecule has 0 saturated carbocycles. The Balaban J connectivity index is 1.94. The predicted octanol–water partition coefficient (Wildman–Crippen LogP) is 3.30. The summed E-state index contributed by atoms with van der Waals surface area (Å²) in [6, 6.07) is 14.1. The maximum atomic E-state index is 12.2. The molecule has 0 fully saturated rings. The molecule has 0 saturated heterocycles. The second kappa shape index (κ2) is 7.23. The zero-order chi connectivity index (χ0) is 16.1. The summed E-state index contributed by atoms with van der Waals surface area (Å²) in [6.07, 6.45) is 0. The van der Waals surface area contributed by atoms with Crippen molar-refractivity contribution in [2.24, 2.45) is 0 Å². The molecule has 1 amide bonds. The molecule has 2 aromatic rings. The Hall–Kier alpha value is -2.13. The fourth-order valence-corrected chi connectivity index (χ4v) is 2.29. The van der Waals surface area contributed by atoms with E-state index in [0.29, 0.717) is 12.1 Å². The smallest absolute Gasteiger partial charge is 0.251 e. The first-order chi connectivity index (χ1) is 10.5. The van der Waals surface area contributed by atoms with Gasteiger partial charge in [-0.25, -0.2) is 0 Å². The molecule has 3 nitrogen and oxygen atoms in total. The van der Waals surface area contributed by atoms with Crippen molar-refractivity contribution in [3.63, 3.8) is 0 Å². The first kappa shape index (κ1) is 16.2. The lowest BCUT2D eigenvalue weighted by molar-refractivity contribution is 0.0951. The monoisotopic (exact) mass is 296 g/mol. The van der Waals surface area contributed by atoms with Crippen LogP contribution in [0.5, 0.6) is 0 Å². The van der Waals surface area contributed by atoms with Gasteiger partial charge >= 0.3 is 0 Å². The molecule has 0 aliphatic rings. The lowest BCUT2D eigenvalue weighted by atomic mass is 10.1. The van der Waals surface area contributed by atoms with Gasteiger partial charge in [-0.2, -0.15) is 0 Å². The van der Waals surface area contributed by atoms with Gasteiger partial charge < -0.3 is 10.2 Å². The van der Waals surface area contributed by atoms with E-state index >= 15 is 0 Å². The number of carbonyl (C=O) groups excluding carboxylic acids is 1. The van der Waals surface area contributed by atoms with Gasteiger partial charge in [-0.05, 0) is 62.3 Å². The summed E-state index contributed by atoms with van der Waals surface area (Å²) in [7, 11) is 4.11. The van der Waals surface area contributed by atoms with E-state index in [9.17, 15) is 4.79 Å². The highest BCUT2D eigenvalue weighted by atomic mass is 16.1. The van der Waals surface area contributed by atoms with Crippen molar-refractivity contribution in [1.82, 2.24) is 10.2 Å². The van der Waals surface area contributed by atoms with Gasteiger partial charge in [0.25, 0.3) is 5.91 Å². The van der Waals surface area contributed by atoms with Crippen LogP contribution in [0.15, 0.2) is 42.5 Å². The minimum atomic E-state index is -0.0273. The van der Waals surface area contributed by atoms with E-state index in [0.717, 1.165) is 17.7 Å². The number of carbonyl (C=O) groups is 1. The van der Waals surface area contributed by atoms with Crippen LogP contribution in [0, 0.1) is 13.8 Å². The topological polar surface area (TPSA) is 32.3 Å².